The van der Waals surface area contributed by atoms with Gasteiger partial charge in [0.2, 0.25) is 0 Å². The molecule has 2 aromatic carbocycles. The Labute approximate surface area is 165 Å². The number of pyridine rings is 1. The molecule has 140 valence electrons. The Balaban J connectivity index is 1.51. The molecule has 0 aliphatic carbocycles. The average Bonchev–Trinajstić information content (AvgIpc) is 2.96. The number of benzene rings is 2. The molecule has 0 radical (unpaired) electrons. The summed E-state index contributed by atoms with van der Waals surface area (Å²) in [5.41, 5.74) is 9.68. The highest BCUT2D eigenvalue weighted by Crippen LogP contribution is 2.31. The van der Waals surface area contributed by atoms with E-state index in [1.54, 1.807) is 0 Å². The van der Waals surface area contributed by atoms with Crippen molar-refractivity contribution < 1.29 is 0 Å². The summed E-state index contributed by atoms with van der Waals surface area (Å²) in [6.45, 7) is 5.06. The molecule has 1 aliphatic rings. The zero-order chi connectivity index (χ0) is 19.1. The monoisotopic (exact) mass is 368 g/mol. The van der Waals surface area contributed by atoms with Crippen molar-refractivity contribution in [3.8, 4) is 0 Å². The zero-order valence-electron chi connectivity index (χ0n) is 16.4. The molecule has 0 atom stereocenters. The second-order valence-corrected chi connectivity index (χ2v) is 7.54. The van der Waals surface area contributed by atoms with E-state index in [0.29, 0.717) is 0 Å². The molecule has 3 heterocycles. The minimum absolute atomic E-state index is 0.802. The van der Waals surface area contributed by atoms with Gasteiger partial charge in [-0.05, 0) is 60.2 Å². The van der Waals surface area contributed by atoms with Crippen LogP contribution in [0, 0.1) is 6.92 Å². The number of aryl methyl sites for hydroxylation is 4. The molecule has 0 saturated carbocycles. The molecule has 4 aromatic rings. The number of anilines is 2. The maximum absolute atomic E-state index is 4.84. The molecular weight excluding hydrogens is 344 g/mol. The normalized spacial score (nSPS) is 12.9. The molecular formula is C24H24N4. The van der Waals surface area contributed by atoms with E-state index in [-0.39, 0.29) is 0 Å². The third-order valence-electron chi connectivity index (χ3n) is 5.69. The fourth-order valence-corrected chi connectivity index (χ4v) is 4.15. The van der Waals surface area contributed by atoms with E-state index in [9.17, 15) is 0 Å². The van der Waals surface area contributed by atoms with Gasteiger partial charge in [-0.15, -0.1) is 0 Å². The molecule has 1 aliphatic heterocycles. The lowest BCUT2D eigenvalue weighted by atomic mass is 10.0. The van der Waals surface area contributed by atoms with Crippen molar-refractivity contribution in [3.05, 3.63) is 82.8 Å². The van der Waals surface area contributed by atoms with E-state index >= 15 is 0 Å². The van der Waals surface area contributed by atoms with Gasteiger partial charge >= 0.3 is 0 Å². The van der Waals surface area contributed by atoms with Crippen LogP contribution in [0.4, 0.5) is 11.4 Å². The topological polar surface area (TPSA) is 42.7 Å². The highest BCUT2D eigenvalue weighted by Gasteiger charge is 2.15. The van der Waals surface area contributed by atoms with Gasteiger partial charge in [-0.1, -0.05) is 37.3 Å². The van der Waals surface area contributed by atoms with Gasteiger partial charge in [0.05, 0.1) is 6.54 Å². The second kappa shape index (κ2) is 6.79. The lowest BCUT2D eigenvalue weighted by Crippen LogP contribution is -2.06. The molecule has 0 unspecified atom stereocenters. The third kappa shape index (κ3) is 2.85. The first-order valence-corrected chi connectivity index (χ1v) is 10.0. The van der Waals surface area contributed by atoms with Gasteiger partial charge in [0.15, 0.2) is 5.65 Å². The van der Waals surface area contributed by atoms with Gasteiger partial charge in [0.25, 0.3) is 0 Å². The highest BCUT2D eigenvalue weighted by atomic mass is 15.1. The summed E-state index contributed by atoms with van der Waals surface area (Å²) in [4.78, 5) is 9.47. The van der Waals surface area contributed by atoms with Gasteiger partial charge in [0.1, 0.15) is 11.3 Å². The first-order chi connectivity index (χ1) is 13.7. The van der Waals surface area contributed by atoms with Crippen LogP contribution in [-0.2, 0) is 25.8 Å². The average molecular weight is 368 g/mol. The van der Waals surface area contributed by atoms with E-state index in [2.05, 4.69) is 71.2 Å². The molecule has 28 heavy (non-hydrogen) atoms. The Morgan fingerprint density at radius 1 is 1.00 bits per heavy atom. The van der Waals surface area contributed by atoms with Crippen LogP contribution in [0.15, 0.2) is 54.7 Å². The van der Waals surface area contributed by atoms with Crippen molar-refractivity contribution in [1.82, 2.24) is 14.5 Å². The highest BCUT2D eigenvalue weighted by molar-refractivity contribution is 5.75. The van der Waals surface area contributed by atoms with Crippen molar-refractivity contribution in [3.63, 3.8) is 0 Å². The minimum Gasteiger partial charge on any atom is -0.355 e. The summed E-state index contributed by atoms with van der Waals surface area (Å²) in [5.74, 6) is 1.09. The Bertz CT molecular complexity index is 1170. The number of imidazole rings is 1. The van der Waals surface area contributed by atoms with Gasteiger partial charge in [-0.25, -0.2) is 9.97 Å². The predicted molar refractivity (Wildman–Crippen MR) is 114 cm³/mol. The molecule has 1 N–H and O–H groups in total. The van der Waals surface area contributed by atoms with Crippen LogP contribution >= 0.6 is 0 Å². The SMILES string of the molecule is CCc1nc2c(C)ccnc2n1Cc1ccc2c(c1)CCc1ccccc1N2. The maximum atomic E-state index is 4.84. The minimum atomic E-state index is 0.802. The Morgan fingerprint density at radius 2 is 1.82 bits per heavy atom. The Hall–Kier alpha value is -3.14. The predicted octanol–water partition coefficient (Wildman–Crippen LogP) is 5.19. The van der Waals surface area contributed by atoms with Crippen LogP contribution < -0.4 is 5.32 Å². The smallest absolute Gasteiger partial charge is 0.160 e. The van der Waals surface area contributed by atoms with Gasteiger partial charge in [-0.2, -0.15) is 0 Å². The lowest BCUT2D eigenvalue weighted by molar-refractivity contribution is 0.745. The molecule has 5 rings (SSSR count). The number of nitrogens with zero attached hydrogens (tertiary/aromatic N) is 3. The second-order valence-electron chi connectivity index (χ2n) is 7.54. The van der Waals surface area contributed by atoms with Gasteiger partial charge < -0.3 is 9.88 Å². The molecule has 0 saturated heterocycles. The van der Waals surface area contributed by atoms with Crippen molar-refractivity contribution >= 4 is 22.5 Å². The van der Waals surface area contributed by atoms with Crippen molar-refractivity contribution in [2.75, 3.05) is 5.32 Å². The van der Waals surface area contributed by atoms with E-state index in [1.165, 1.54) is 33.6 Å². The van der Waals surface area contributed by atoms with Crippen LogP contribution in [-0.4, -0.2) is 14.5 Å². The van der Waals surface area contributed by atoms with Gasteiger partial charge in [0, 0.05) is 24.0 Å². The van der Waals surface area contributed by atoms with E-state index in [0.717, 1.165) is 42.8 Å². The van der Waals surface area contributed by atoms with E-state index < -0.39 is 0 Å². The Morgan fingerprint density at radius 3 is 2.71 bits per heavy atom. The molecule has 4 heteroatoms. The van der Waals surface area contributed by atoms with Crippen LogP contribution in [0.25, 0.3) is 11.2 Å². The molecule has 0 spiro atoms. The summed E-state index contributed by atoms with van der Waals surface area (Å²) >= 11 is 0. The maximum Gasteiger partial charge on any atom is 0.160 e. The number of hydrogen-bond acceptors (Lipinski definition) is 3. The van der Waals surface area contributed by atoms with Crippen LogP contribution in [0.5, 0.6) is 0 Å². The van der Waals surface area contributed by atoms with Crippen LogP contribution in [0.2, 0.25) is 0 Å². The van der Waals surface area contributed by atoms with Crippen LogP contribution in [0.1, 0.15) is 35.0 Å². The van der Waals surface area contributed by atoms with Crippen molar-refractivity contribution in [1.29, 1.82) is 0 Å². The zero-order valence-corrected chi connectivity index (χ0v) is 16.4. The first-order valence-electron chi connectivity index (χ1n) is 10.0. The van der Waals surface area contributed by atoms with Crippen LogP contribution in [0.3, 0.4) is 0 Å². The quantitative estimate of drug-likeness (QED) is 0.541. The number of rotatable bonds is 3. The fourth-order valence-electron chi connectivity index (χ4n) is 4.15. The summed E-state index contributed by atoms with van der Waals surface area (Å²) < 4.78 is 2.27. The molecule has 0 amide bonds. The number of aromatic nitrogens is 3. The standard InChI is InChI=1S/C24H24N4/c1-3-22-27-23-16(2)12-13-25-24(23)28(22)15-17-8-11-21-19(14-17)10-9-18-6-4-5-7-20(18)26-21/h4-8,11-14,26H,3,9-10,15H2,1-2H3. The lowest BCUT2D eigenvalue weighted by Gasteiger charge is -2.13. The Kier molecular flexibility index (Phi) is 4.12. The fraction of sp³-hybridized carbons (Fsp3) is 0.250. The summed E-state index contributed by atoms with van der Waals surface area (Å²) in [5, 5.41) is 3.62. The number of hydrogen-bond donors (Lipinski definition) is 1. The summed E-state index contributed by atoms with van der Waals surface area (Å²) in [6, 6.07) is 17.4. The number of nitrogens with one attached hydrogen (secondary N) is 1. The first kappa shape index (κ1) is 17.0. The molecule has 4 nitrogen and oxygen atoms in total. The van der Waals surface area contributed by atoms with Crippen molar-refractivity contribution in [2.24, 2.45) is 0 Å². The van der Waals surface area contributed by atoms with E-state index in [4.69, 9.17) is 4.98 Å². The summed E-state index contributed by atoms with van der Waals surface area (Å²) in [7, 11) is 0. The molecule has 0 bridgehead atoms. The third-order valence-corrected chi connectivity index (χ3v) is 5.69. The van der Waals surface area contributed by atoms with Crippen molar-refractivity contribution in [2.45, 2.75) is 39.7 Å². The van der Waals surface area contributed by atoms with E-state index in [1.807, 2.05) is 12.3 Å². The number of para-hydroxylation sites is 1. The number of fused-ring (bicyclic) bond motifs is 3. The molecule has 0 fully saturated rings. The summed E-state index contributed by atoms with van der Waals surface area (Å²) in [6.07, 6.45) is 4.90. The molecule has 2 aromatic heterocycles. The largest absolute Gasteiger partial charge is 0.355 e. The van der Waals surface area contributed by atoms with Gasteiger partial charge in [-0.3, -0.25) is 0 Å².